The zero-order valence-corrected chi connectivity index (χ0v) is 8.31. The lowest BCUT2D eigenvalue weighted by molar-refractivity contribution is 0.151. The molecular weight excluding hydrogens is 150 g/mol. The van der Waals surface area contributed by atoms with Gasteiger partial charge >= 0.3 is 0 Å². The average molecular weight is 171 g/mol. The van der Waals surface area contributed by atoms with Gasteiger partial charge in [0.15, 0.2) is 0 Å². The Bertz CT molecular complexity index is 121. The summed E-state index contributed by atoms with van der Waals surface area (Å²) in [6.07, 6.45) is 6.65. The maximum atomic E-state index is 5.38. The fourth-order valence-electron chi connectivity index (χ4n) is 0.912. The van der Waals surface area contributed by atoms with Gasteiger partial charge in [-0.15, -0.1) is 0 Å². The summed E-state index contributed by atoms with van der Waals surface area (Å²) in [5, 5.41) is 0. The van der Waals surface area contributed by atoms with Crippen LogP contribution in [0, 0.1) is 0 Å². The Hall–Kier alpha value is -0.500. The van der Waals surface area contributed by atoms with Crippen LogP contribution in [0.1, 0.15) is 39.5 Å². The zero-order chi connectivity index (χ0) is 9.23. The van der Waals surface area contributed by atoms with Crippen molar-refractivity contribution < 1.29 is 4.74 Å². The van der Waals surface area contributed by atoms with E-state index in [1.165, 1.54) is 25.7 Å². The van der Waals surface area contributed by atoms with Crippen LogP contribution in [0.15, 0.2) is 11.8 Å². The summed E-state index contributed by atoms with van der Waals surface area (Å²) in [4.78, 5) is 0. The molecule has 12 heavy (non-hydrogen) atoms. The van der Waals surface area contributed by atoms with E-state index in [4.69, 9.17) is 10.5 Å². The fraction of sp³-hybridized carbons (Fsp3) is 0.800. The van der Waals surface area contributed by atoms with E-state index in [2.05, 4.69) is 6.92 Å². The zero-order valence-electron chi connectivity index (χ0n) is 8.31. The molecule has 0 aliphatic carbocycles. The first-order valence-electron chi connectivity index (χ1n) is 4.76. The van der Waals surface area contributed by atoms with E-state index in [0.717, 1.165) is 12.2 Å². The third-order valence-electron chi connectivity index (χ3n) is 1.76. The number of ether oxygens (including phenoxy) is 1. The van der Waals surface area contributed by atoms with Crippen molar-refractivity contribution in [1.82, 2.24) is 0 Å². The normalized spacial score (nSPS) is 12.0. The van der Waals surface area contributed by atoms with Crippen LogP contribution in [-0.4, -0.2) is 13.2 Å². The Kier molecular flexibility index (Phi) is 8.24. The van der Waals surface area contributed by atoms with Gasteiger partial charge in [0.2, 0.25) is 0 Å². The molecule has 0 unspecified atom stereocenters. The highest BCUT2D eigenvalue weighted by atomic mass is 16.5. The molecule has 0 amide bonds. The quantitative estimate of drug-likeness (QED) is 0.597. The van der Waals surface area contributed by atoms with Gasteiger partial charge in [-0.1, -0.05) is 26.2 Å². The van der Waals surface area contributed by atoms with Crippen molar-refractivity contribution in [3.05, 3.63) is 11.8 Å². The molecule has 0 saturated carbocycles. The van der Waals surface area contributed by atoms with Crippen LogP contribution in [0.3, 0.4) is 0 Å². The molecule has 2 N–H and O–H groups in total. The summed E-state index contributed by atoms with van der Waals surface area (Å²) >= 11 is 0. The first-order valence-corrected chi connectivity index (χ1v) is 4.76. The molecule has 2 heteroatoms. The third kappa shape index (κ3) is 7.61. The molecular formula is C10H21NO. The number of nitrogens with two attached hydrogens (primary N) is 1. The predicted octanol–water partition coefficient (Wildman–Crippen LogP) is 2.45. The van der Waals surface area contributed by atoms with Crippen LogP contribution in [0.2, 0.25) is 0 Å². The summed E-state index contributed by atoms with van der Waals surface area (Å²) in [5.41, 5.74) is 6.39. The molecule has 0 fully saturated rings. The van der Waals surface area contributed by atoms with Crippen molar-refractivity contribution in [1.29, 1.82) is 0 Å². The van der Waals surface area contributed by atoms with Crippen molar-refractivity contribution in [2.45, 2.75) is 39.5 Å². The summed E-state index contributed by atoms with van der Waals surface area (Å²) in [6, 6.07) is 0. The van der Waals surface area contributed by atoms with Crippen molar-refractivity contribution >= 4 is 0 Å². The van der Waals surface area contributed by atoms with Crippen molar-refractivity contribution in [2.75, 3.05) is 13.2 Å². The molecule has 0 rings (SSSR count). The van der Waals surface area contributed by atoms with Gasteiger partial charge in [0.1, 0.15) is 0 Å². The van der Waals surface area contributed by atoms with Crippen LogP contribution in [-0.2, 0) is 4.74 Å². The summed E-state index contributed by atoms with van der Waals surface area (Å²) in [6.45, 7) is 5.74. The Morgan fingerprint density at radius 1 is 1.33 bits per heavy atom. The predicted molar refractivity (Wildman–Crippen MR) is 52.9 cm³/mol. The Balaban J connectivity index is 3.00. The molecule has 0 heterocycles. The molecule has 0 radical (unpaired) electrons. The van der Waals surface area contributed by atoms with Crippen LogP contribution >= 0.6 is 0 Å². The lowest BCUT2D eigenvalue weighted by Crippen LogP contribution is -1.99. The van der Waals surface area contributed by atoms with Gasteiger partial charge in [-0.3, -0.25) is 0 Å². The van der Waals surface area contributed by atoms with E-state index >= 15 is 0 Å². The second kappa shape index (κ2) is 8.60. The molecule has 72 valence electrons. The molecule has 0 bridgehead atoms. The van der Waals surface area contributed by atoms with E-state index in [1.807, 2.05) is 6.92 Å². The van der Waals surface area contributed by atoms with Gasteiger partial charge < -0.3 is 10.5 Å². The maximum Gasteiger partial charge on any atom is 0.0690 e. The third-order valence-corrected chi connectivity index (χ3v) is 1.76. The molecule has 0 spiro atoms. The van der Waals surface area contributed by atoms with E-state index in [0.29, 0.717) is 6.61 Å². The largest absolute Gasteiger partial charge is 0.405 e. The molecule has 0 aliphatic heterocycles. The van der Waals surface area contributed by atoms with Gasteiger partial charge in [-0.25, -0.2) is 0 Å². The SMILES string of the molecule is CCCCCCOC/C(C)=C/N. The fourth-order valence-corrected chi connectivity index (χ4v) is 0.912. The topological polar surface area (TPSA) is 35.2 Å². The van der Waals surface area contributed by atoms with Gasteiger partial charge in [0, 0.05) is 6.61 Å². The minimum Gasteiger partial charge on any atom is -0.405 e. The van der Waals surface area contributed by atoms with Gasteiger partial charge in [0.25, 0.3) is 0 Å². The Morgan fingerprint density at radius 3 is 2.67 bits per heavy atom. The van der Waals surface area contributed by atoms with E-state index in [-0.39, 0.29) is 0 Å². The van der Waals surface area contributed by atoms with Crippen molar-refractivity contribution in [2.24, 2.45) is 5.73 Å². The van der Waals surface area contributed by atoms with Crippen LogP contribution in [0.4, 0.5) is 0 Å². The first kappa shape index (κ1) is 11.5. The monoisotopic (exact) mass is 171 g/mol. The van der Waals surface area contributed by atoms with Gasteiger partial charge in [-0.2, -0.15) is 0 Å². The summed E-state index contributed by atoms with van der Waals surface area (Å²) in [7, 11) is 0. The molecule has 2 nitrogen and oxygen atoms in total. The minimum atomic E-state index is 0.683. The smallest absolute Gasteiger partial charge is 0.0690 e. The summed E-state index contributed by atoms with van der Waals surface area (Å²) in [5.74, 6) is 0. The number of rotatable bonds is 7. The maximum absolute atomic E-state index is 5.38. The van der Waals surface area contributed by atoms with Crippen LogP contribution in [0.25, 0.3) is 0 Å². The Morgan fingerprint density at radius 2 is 2.08 bits per heavy atom. The average Bonchev–Trinajstić information content (AvgIpc) is 2.10. The highest BCUT2D eigenvalue weighted by Gasteiger charge is 1.90. The first-order chi connectivity index (χ1) is 5.81. The second-order valence-corrected chi connectivity index (χ2v) is 3.13. The molecule has 0 saturated heterocycles. The highest BCUT2D eigenvalue weighted by Crippen LogP contribution is 1.99. The lowest BCUT2D eigenvalue weighted by atomic mass is 10.2. The molecule has 0 aromatic heterocycles. The summed E-state index contributed by atoms with van der Waals surface area (Å²) < 4.78 is 5.38. The van der Waals surface area contributed by atoms with Crippen molar-refractivity contribution in [3.63, 3.8) is 0 Å². The highest BCUT2D eigenvalue weighted by molar-refractivity contribution is 4.94. The Labute approximate surface area is 75.8 Å². The van der Waals surface area contributed by atoms with Crippen molar-refractivity contribution in [3.8, 4) is 0 Å². The number of unbranched alkanes of at least 4 members (excludes halogenated alkanes) is 3. The minimum absolute atomic E-state index is 0.683. The van der Waals surface area contributed by atoms with Gasteiger partial charge in [0.05, 0.1) is 6.61 Å². The van der Waals surface area contributed by atoms with Gasteiger partial charge in [-0.05, 0) is 25.1 Å². The van der Waals surface area contributed by atoms with Crippen LogP contribution in [0.5, 0.6) is 0 Å². The van der Waals surface area contributed by atoms with E-state index in [1.54, 1.807) is 6.20 Å². The second-order valence-electron chi connectivity index (χ2n) is 3.13. The molecule has 0 aromatic carbocycles. The van der Waals surface area contributed by atoms with E-state index in [9.17, 15) is 0 Å². The number of hydrogen-bond donors (Lipinski definition) is 1. The standard InChI is InChI=1S/C10H21NO/c1-3-4-5-6-7-12-9-10(2)8-11/h8H,3-7,9,11H2,1-2H3/b10-8+. The van der Waals surface area contributed by atoms with Crippen LogP contribution < -0.4 is 5.73 Å². The lowest BCUT2D eigenvalue weighted by Gasteiger charge is -2.03. The number of hydrogen-bond acceptors (Lipinski definition) is 2. The molecule has 0 atom stereocenters. The molecule has 0 aliphatic rings. The van der Waals surface area contributed by atoms with E-state index < -0.39 is 0 Å². The molecule has 0 aromatic rings.